The number of methoxy groups -OCH3 is 1. The summed E-state index contributed by atoms with van der Waals surface area (Å²) in [5.74, 6) is 0.232. The highest BCUT2D eigenvalue weighted by atomic mass is 127. The van der Waals surface area contributed by atoms with E-state index in [1.165, 1.54) is 18.1 Å². The second kappa shape index (κ2) is 9.25. The van der Waals surface area contributed by atoms with Crippen LogP contribution in [0.1, 0.15) is 24.5 Å². The average molecular weight is 510 g/mol. The van der Waals surface area contributed by atoms with Crippen molar-refractivity contribution >= 4 is 40.6 Å². The SMILES string of the molecule is CCCN1C(=O)N/C(=C/c2cc(I)c(OCc3ccccc3F)c(OC)c2)C1=O. The molecular formula is C21H20FIN2O4. The first-order valence-corrected chi connectivity index (χ1v) is 10.1. The highest BCUT2D eigenvalue weighted by Crippen LogP contribution is 2.35. The van der Waals surface area contributed by atoms with Gasteiger partial charge in [0.1, 0.15) is 18.1 Å². The summed E-state index contributed by atoms with van der Waals surface area (Å²) in [4.78, 5) is 25.5. The number of hydrogen-bond donors (Lipinski definition) is 1. The summed E-state index contributed by atoms with van der Waals surface area (Å²) >= 11 is 2.09. The normalized spacial score (nSPS) is 15.0. The summed E-state index contributed by atoms with van der Waals surface area (Å²) in [6.07, 6.45) is 2.29. The molecule has 2 aromatic carbocycles. The van der Waals surface area contributed by atoms with Crippen molar-refractivity contribution in [1.29, 1.82) is 0 Å². The van der Waals surface area contributed by atoms with Crippen molar-refractivity contribution < 1.29 is 23.5 Å². The maximum atomic E-state index is 13.8. The zero-order valence-corrected chi connectivity index (χ0v) is 18.2. The van der Waals surface area contributed by atoms with Gasteiger partial charge >= 0.3 is 6.03 Å². The van der Waals surface area contributed by atoms with Crippen LogP contribution in [0.2, 0.25) is 0 Å². The summed E-state index contributed by atoms with van der Waals surface area (Å²) < 4.78 is 25.8. The van der Waals surface area contributed by atoms with Crippen LogP contribution in [0.3, 0.4) is 0 Å². The highest BCUT2D eigenvalue weighted by molar-refractivity contribution is 14.1. The van der Waals surface area contributed by atoms with Gasteiger partial charge in [-0.3, -0.25) is 9.69 Å². The number of rotatable bonds is 7. The molecule has 3 amide bonds. The largest absolute Gasteiger partial charge is 0.493 e. The Morgan fingerprint density at radius 3 is 2.69 bits per heavy atom. The van der Waals surface area contributed by atoms with Gasteiger partial charge in [0.05, 0.1) is 10.7 Å². The van der Waals surface area contributed by atoms with Crippen molar-refractivity contribution in [3.63, 3.8) is 0 Å². The molecule has 1 fully saturated rings. The van der Waals surface area contributed by atoms with Crippen molar-refractivity contribution in [3.05, 3.63) is 62.6 Å². The second-order valence-corrected chi connectivity index (χ2v) is 7.52. The maximum Gasteiger partial charge on any atom is 0.329 e. The van der Waals surface area contributed by atoms with Crippen LogP contribution < -0.4 is 14.8 Å². The first kappa shape index (κ1) is 21.1. The Morgan fingerprint density at radius 1 is 1.24 bits per heavy atom. The molecule has 29 heavy (non-hydrogen) atoms. The number of amides is 3. The molecule has 1 heterocycles. The van der Waals surface area contributed by atoms with E-state index >= 15 is 0 Å². The molecule has 6 nitrogen and oxygen atoms in total. The first-order valence-electron chi connectivity index (χ1n) is 9.02. The predicted octanol–water partition coefficient (Wildman–Crippen LogP) is 4.32. The Hall–Kier alpha value is -2.62. The molecule has 152 valence electrons. The van der Waals surface area contributed by atoms with E-state index in [0.717, 1.165) is 3.57 Å². The molecule has 0 aliphatic carbocycles. The third-order valence-corrected chi connectivity index (χ3v) is 5.10. The van der Waals surface area contributed by atoms with E-state index in [4.69, 9.17) is 9.47 Å². The van der Waals surface area contributed by atoms with Crippen LogP contribution in [0.25, 0.3) is 6.08 Å². The molecule has 0 radical (unpaired) electrons. The first-order chi connectivity index (χ1) is 13.9. The van der Waals surface area contributed by atoms with E-state index in [-0.39, 0.29) is 24.0 Å². The van der Waals surface area contributed by atoms with Crippen LogP contribution in [0.15, 0.2) is 42.1 Å². The monoisotopic (exact) mass is 510 g/mol. The second-order valence-electron chi connectivity index (χ2n) is 6.36. The number of nitrogens with one attached hydrogen (secondary N) is 1. The van der Waals surface area contributed by atoms with Crippen molar-refractivity contribution in [3.8, 4) is 11.5 Å². The fourth-order valence-electron chi connectivity index (χ4n) is 2.89. The summed E-state index contributed by atoms with van der Waals surface area (Å²) in [6, 6.07) is 9.48. The number of hydrogen-bond acceptors (Lipinski definition) is 4. The molecule has 0 atom stereocenters. The summed E-state index contributed by atoms with van der Waals surface area (Å²) in [7, 11) is 1.50. The number of nitrogens with zero attached hydrogens (tertiary/aromatic N) is 1. The zero-order valence-electron chi connectivity index (χ0n) is 16.0. The van der Waals surface area contributed by atoms with E-state index in [2.05, 4.69) is 27.9 Å². The van der Waals surface area contributed by atoms with E-state index < -0.39 is 6.03 Å². The molecule has 0 spiro atoms. The molecule has 0 saturated carbocycles. The van der Waals surface area contributed by atoms with Crippen LogP contribution in [0, 0.1) is 9.39 Å². The highest BCUT2D eigenvalue weighted by Gasteiger charge is 2.32. The fourth-order valence-corrected chi connectivity index (χ4v) is 3.67. The predicted molar refractivity (Wildman–Crippen MR) is 115 cm³/mol. The molecule has 3 rings (SSSR count). The van der Waals surface area contributed by atoms with Gasteiger partial charge in [-0.15, -0.1) is 0 Å². The number of ether oxygens (including phenoxy) is 2. The van der Waals surface area contributed by atoms with E-state index in [0.29, 0.717) is 35.6 Å². The van der Waals surface area contributed by atoms with Gasteiger partial charge in [0.2, 0.25) is 0 Å². The number of carbonyl (C=O) groups excluding carboxylic acids is 2. The third-order valence-electron chi connectivity index (χ3n) is 4.30. The Labute approximate surface area is 181 Å². The van der Waals surface area contributed by atoms with Gasteiger partial charge in [0.15, 0.2) is 11.5 Å². The van der Waals surface area contributed by atoms with E-state index in [1.54, 1.807) is 36.4 Å². The average Bonchev–Trinajstić information content (AvgIpc) is 2.95. The fraction of sp³-hybridized carbons (Fsp3) is 0.238. The molecule has 1 aliphatic heterocycles. The van der Waals surface area contributed by atoms with Crippen LogP contribution in [-0.4, -0.2) is 30.5 Å². The van der Waals surface area contributed by atoms with E-state index in [9.17, 15) is 14.0 Å². The Morgan fingerprint density at radius 2 is 2.00 bits per heavy atom. The van der Waals surface area contributed by atoms with Crippen molar-refractivity contribution in [2.45, 2.75) is 20.0 Å². The van der Waals surface area contributed by atoms with Crippen LogP contribution in [0.5, 0.6) is 11.5 Å². The maximum absolute atomic E-state index is 13.8. The minimum atomic E-state index is -0.422. The third kappa shape index (κ3) is 4.69. The van der Waals surface area contributed by atoms with Gasteiger partial charge in [0, 0.05) is 12.1 Å². The molecule has 1 N–H and O–H groups in total. The number of carbonyl (C=O) groups is 2. The molecule has 1 aliphatic rings. The van der Waals surface area contributed by atoms with Crippen molar-refractivity contribution in [1.82, 2.24) is 10.2 Å². The molecule has 0 unspecified atom stereocenters. The minimum absolute atomic E-state index is 0.0555. The lowest BCUT2D eigenvalue weighted by Gasteiger charge is -2.14. The van der Waals surface area contributed by atoms with Crippen molar-refractivity contribution in [2.75, 3.05) is 13.7 Å². The topological polar surface area (TPSA) is 67.9 Å². The quantitative estimate of drug-likeness (QED) is 0.343. The van der Waals surface area contributed by atoms with Gasteiger partial charge in [-0.2, -0.15) is 0 Å². The number of imide groups is 1. The van der Waals surface area contributed by atoms with Crippen molar-refractivity contribution in [2.24, 2.45) is 0 Å². The van der Waals surface area contributed by atoms with Crippen LogP contribution in [-0.2, 0) is 11.4 Å². The molecule has 0 aromatic heterocycles. The van der Waals surface area contributed by atoms with Gasteiger partial charge < -0.3 is 14.8 Å². The molecular weight excluding hydrogens is 490 g/mol. The Bertz CT molecular complexity index is 977. The van der Waals surface area contributed by atoms with Gasteiger partial charge in [-0.25, -0.2) is 9.18 Å². The summed E-state index contributed by atoms with van der Waals surface area (Å²) in [5, 5.41) is 2.59. The lowest BCUT2D eigenvalue weighted by Crippen LogP contribution is -2.31. The van der Waals surface area contributed by atoms with Gasteiger partial charge in [-0.05, 0) is 58.9 Å². The molecule has 2 aromatic rings. The Kier molecular flexibility index (Phi) is 6.73. The number of urea groups is 1. The Balaban J connectivity index is 1.84. The molecule has 1 saturated heterocycles. The van der Waals surface area contributed by atoms with Crippen LogP contribution >= 0.6 is 22.6 Å². The lowest BCUT2D eigenvalue weighted by atomic mass is 10.1. The van der Waals surface area contributed by atoms with Crippen LogP contribution in [0.4, 0.5) is 9.18 Å². The number of halogens is 2. The lowest BCUT2D eigenvalue weighted by molar-refractivity contribution is -0.122. The summed E-state index contributed by atoms with van der Waals surface area (Å²) in [5.41, 5.74) is 1.32. The van der Waals surface area contributed by atoms with Gasteiger partial charge in [-0.1, -0.05) is 25.1 Å². The standard InChI is InChI=1S/C21H20FIN2O4/c1-3-8-25-20(26)17(24-21(25)27)10-13-9-16(23)19(18(11-13)28-2)29-12-14-6-4-5-7-15(14)22/h4-7,9-11H,3,8,12H2,1-2H3,(H,24,27)/b17-10+. The smallest absolute Gasteiger partial charge is 0.329 e. The summed E-state index contributed by atoms with van der Waals surface area (Å²) in [6.45, 7) is 2.32. The minimum Gasteiger partial charge on any atom is -0.493 e. The van der Waals surface area contributed by atoms with Gasteiger partial charge in [0.25, 0.3) is 5.91 Å². The molecule has 0 bridgehead atoms. The molecule has 8 heteroatoms. The zero-order chi connectivity index (χ0) is 21.0. The van der Waals surface area contributed by atoms with E-state index in [1.807, 2.05) is 6.92 Å². The number of benzene rings is 2.